The van der Waals surface area contributed by atoms with Crippen LogP contribution in [0.5, 0.6) is 0 Å². The Kier molecular flexibility index (Phi) is 3.66. The second kappa shape index (κ2) is 4.77. The van der Waals surface area contributed by atoms with Crippen LogP contribution < -0.4 is 5.32 Å². The Bertz CT molecular complexity index is 323. The lowest BCUT2D eigenvalue weighted by atomic mass is 10.1. The standard InChI is InChI=1S/C11H16N2O2/c1-4-15-10(14)11(2,3)13-9-6-5-7-12-8-9/h5-8,13H,4H2,1-3H3. The predicted octanol–water partition coefficient (Wildman–Crippen LogP) is 1.84. The van der Waals surface area contributed by atoms with Gasteiger partial charge in [-0.1, -0.05) is 0 Å². The summed E-state index contributed by atoms with van der Waals surface area (Å²) in [4.78, 5) is 15.5. The van der Waals surface area contributed by atoms with Crippen LogP contribution in [0.2, 0.25) is 0 Å². The van der Waals surface area contributed by atoms with Crippen LogP contribution in [0.4, 0.5) is 5.69 Å². The van der Waals surface area contributed by atoms with Crippen molar-refractivity contribution in [1.82, 2.24) is 4.98 Å². The van der Waals surface area contributed by atoms with E-state index in [0.29, 0.717) is 6.61 Å². The van der Waals surface area contributed by atoms with E-state index in [-0.39, 0.29) is 5.97 Å². The highest BCUT2D eigenvalue weighted by Gasteiger charge is 2.28. The monoisotopic (exact) mass is 208 g/mol. The van der Waals surface area contributed by atoms with Crippen LogP contribution in [0.3, 0.4) is 0 Å². The molecular formula is C11H16N2O2. The topological polar surface area (TPSA) is 51.2 Å². The summed E-state index contributed by atoms with van der Waals surface area (Å²) >= 11 is 0. The van der Waals surface area contributed by atoms with Crippen molar-refractivity contribution in [2.24, 2.45) is 0 Å². The molecule has 1 rings (SSSR count). The van der Waals surface area contributed by atoms with Gasteiger partial charge in [0.05, 0.1) is 12.3 Å². The number of ether oxygens (including phenoxy) is 1. The summed E-state index contributed by atoms with van der Waals surface area (Å²) in [5.41, 5.74) is 0.0644. The van der Waals surface area contributed by atoms with Gasteiger partial charge in [0.1, 0.15) is 5.54 Å². The number of hydrogen-bond acceptors (Lipinski definition) is 4. The summed E-state index contributed by atoms with van der Waals surface area (Å²) in [6.45, 7) is 5.73. The molecule has 0 saturated carbocycles. The molecule has 0 radical (unpaired) electrons. The molecule has 4 heteroatoms. The Morgan fingerprint density at radius 1 is 1.60 bits per heavy atom. The third-order valence-corrected chi connectivity index (χ3v) is 1.90. The molecular weight excluding hydrogens is 192 g/mol. The van der Waals surface area contributed by atoms with Crippen LogP contribution in [0.1, 0.15) is 20.8 Å². The summed E-state index contributed by atoms with van der Waals surface area (Å²) < 4.78 is 4.96. The van der Waals surface area contributed by atoms with Crippen molar-refractivity contribution in [3.05, 3.63) is 24.5 Å². The molecule has 4 nitrogen and oxygen atoms in total. The van der Waals surface area contributed by atoms with E-state index >= 15 is 0 Å². The summed E-state index contributed by atoms with van der Waals surface area (Å²) in [5.74, 6) is -0.270. The highest BCUT2D eigenvalue weighted by atomic mass is 16.5. The third-order valence-electron chi connectivity index (χ3n) is 1.90. The average molecular weight is 208 g/mol. The van der Waals surface area contributed by atoms with E-state index in [9.17, 15) is 4.79 Å². The van der Waals surface area contributed by atoms with Crippen LogP contribution in [0.25, 0.3) is 0 Å². The van der Waals surface area contributed by atoms with Gasteiger partial charge in [0, 0.05) is 12.4 Å². The zero-order valence-corrected chi connectivity index (χ0v) is 9.28. The molecule has 0 spiro atoms. The predicted molar refractivity (Wildman–Crippen MR) is 58.6 cm³/mol. The van der Waals surface area contributed by atoms with E-state index in [2.05, 4.69) is 10.3 Å². The Morgan fingerprint density at radius 2 is 2.33 bits per heavy atom. The minimum Gasteiger partial charge on any atom is -0.464 e. The maximum atomic E-state index is 11.6. The minimum absolute atomic E-state index is 0.270. The number of anilines is 1. The molecule has 1 N–H and O–H groups in total. The van der Waals surface area contributed by atoms with Crippen LogP contribution >= 0.6 is 0 Å². The van der Waals surface area contributed by atoms with Crippen molar-refractivity contribution in [2.45, 2.75) is 26.3 Å². The summed E-state index contributed by atoms with van der Waals surface area (Å²) in [7, 11) is 0. The Morgan fingerprint density at radius 3 is 2.87 bits per heavy atom. The Hall–Kier alpha value is -1.58. The SMILES string of the molecule is CCOC(=O)C(C)(C)Nc1cccnc1. The molecule has 0 aliphatic rings. The van der Waals surface area contributed by atoms with E-state index in [4.69, 9.17) is 4.74 Å². The van der Waals surface area contributed by atoms with Gasteiger partial charge in [-0.2, -0.15) is 0 Å². The second-order valence-electron chi connectivity index (χ2n) is 3.71. The summed E-state index contributed by atoms with van der Waals surface area (Å²) in [5, 5.41) is 3.07. The van der Waals surface area contributed by atoms with Crippen molar-refractivity contribution in [3.8, 4) is 0 Å². The third kappa shape index (κ3) is 3.23. The van der Waals surface area contributed by atoms with Gasteiger partial charge in [-0.05, 0) is 32.9 Å². The number of rotatable bonds is 4. The Balaban J connectivity index is 2.68. The van der Waals surface area contributed by atoms with Gasteiger partial charge in [-0.15, -0.1) is 0 Å². The van der Waals surface area contributed by atoms with Gasteiger partial charge < -0.3 is 10.1 Å². The number of pyridine rings is 1. The van der Waals surface area contributed by atoms with E-state index < -0.39 is 5.54 Å². The molecule has 0 aliphatic heterocycles. The molecule has 0 aliphatic carbocycles. The summed E-state index contributed by atoms with van der Waals surface area (Å²) in [6.07, 6.45) is 3.35. The van der Waals surface area contributed by atoms with E-state index in [0.717, 1.165) is 5.69 Å². The molecule has 1 aromatic rings. The number of nitrogens with one attached hydrogen (secondary N) is 1. The van der Waals surface area contributed by atoms with E-state index in [1.54, 1.807) is 33.2 Å². The zero-order valence-electron chi connectivity index (χ0n) is 9.28. The number of hydrogen-bond donors (Lipinski definition) is 1. The molecule has 82 valence electrons. The van der Waals surface area contributed by atoms with Crippen LogP contribution in [-0.4, -0.2) is 23.1 Å². The maximum Gasteiger partial charge on any atom is 0.331 e. The fourth-order valence-electron chi connectivity index (χ4n) is 1.16. The molecule has 0 saturated heterocycles. The molecule has 0 atom stereocenters. The number of esters is 1. The lowest BCUT2D eigenvalue weighted by Crippen LogP contribution is -2.41. The van der Waals surface area contributed by atoms with E-state index in [1.165, 1.54) is 0 Å². The fourth-order valence-corrected chi connectivity index (χ4v) is 1.16. The largest absolute Gasteiger partial charge is 0.464 e. The number of nitrogens with zero attached hydrogens (tertiary/aromatic N) is 1. The van der Waals surface area contributed by atoms with Crippen LogP contribution in [0.15, 0.2) is 24.5 Å². The van der Waals surface area contributed by atoms with Crippen LogP contribution in [0, 0.1) is 0 Å². The van der Waals surface area contributed by atoms with Crippen molar-refractivity contribution in [1.29, 1.82) is 0 Å². The molecule has 0 amide bonds. The highest BCUT2D eigenvalue weighted by molar-refractivity contribution is 5.83. The van der Waals surface area contributed by atoms with E-state index in [1.807, 2.05) is 12.1 Å². The lowest BCUT2D eigenvalue weighted by Gasteiger charge is -2.24. The first-order valence-corrected chi connectivity index (χ1v) is 4.91. The van der Waals surface area contributed by atoms with Gasteiger partial charge in [0.2, 0.25) is 0 Å². The number of carbonyl (C=O) groups excluding carboxylic acids is 1. The fraction of sp³-hybridized carbons (Fsp3) is 0.455. The van der Waals surface area contributed by atoms with Gasteiger partial charge in [-0.25, -0.2) is 4.79 Å². The number of aromatic nitrogens is 1. The molecule has 1 aromatic heterocycles. The normalized spacial score (nSPS) is 10.9. The lowest BCUT2D eigenvalue weighted by molar-refractivity contribution is -0.147. The smallest absolute Gasteiger partial charge is 0.331 e. The van der Waals surface area contributed by atoms with Crippen molar-refractivity contribution >= 4 is 11.7 Å². The van der Waals surface area contributed by atoms with Gasteiger partial charge in [-0.3, -0.25) is 4.98 Å². The van der Waals surface area contributed by atoms with Gasteiger partial charge in [0.25, 0.3) is 0 Å². The molecule has 15 heavy (non-hydrogen) atoms. The molecule has 0 fully saturated rings. The average Bonchev–Trinajstić information content (AvgIpc) is 2.19. The molecule has 0 unspecified atom stereocenters. The first-order valence-electron chi connectivity index (χ1n) is 4.91. The quantitative estimate of drug-likeness (QED) is 0.767. The summed E-state index contributed by atoms with van der Waals surface area (Å²) in [6, 6.07) is 3.66. The van der Waals surface area contributed by atoms with Crippen molar-refractivity contribution in [2.75, 3.05) is 11.9 Å². The maximum absolute atomic E-state index is 11.6. The number of carbonyl (C=O) groups is 1. The second-order valence-corrected chi connectivity index (χ2v) is 3.71. The molecule has 1 heterocycles. The van der Waals surface area contributed by atoms with Crippen molar-refractivity contribution in [3.63, 3.8) is 0 Å². The minimum atomic E-state index is -0.737. The zero-order chi connectivity index (χ0) is 11.3. The Labute approximate surface area is 89.7 Å². The molecule has 0 aromatic carbocycles. The van der Waals surface area contributed by atoms with Gasteiger partial charge in [0.15, 0.2) is 0 Å². The van der Waals surface area contributed by atoms with Gasteiger partial charge >= 0.3 is 5.97 Å². The van der Waals surface area contributed by atoms with Crippen LogP contribution in [-0.2, 0) is 9.53 Å². The first-order chi connectivity index (χ1) is 7.06. The first kappa shape index (κ1) is 11.5. The highest BCUT2D eigenvalue weighted by Crippen LogP contribution is 2.14. The van der Waals surface area contributed by atoms with Crippen molar-refractivity contribution < 1.29 is 9.53 Å². The molecule has 0 bridgehead atoms.